The van der Waals surface area contributed by atoms with Crippen molar-refractivity contribution in [3.63, 3.8) is 0 Å². The van der Waals surface area contributed by atoms with Crippen LogP contribution >= 0.6 is 11.8 Å². The van der Waals surface area contributed by atoms with Crippen LogP contribution in [0.3, 0.4) is 0 Å². The molecule has 2 aliphatic rings. The number of thioether (sulfide) groups is 1. The van der Waals surface area contributed by atoms with E-state index in [9.17, 15) is 4.79 Å². The predicted octanol–water partition coefficient (Wildman–Crippen LogP) is 2.47. The zero-order valence-electron chi connectivity index (χ0n) is 13.2. The summed E-state index contributed by atoms with van der Waals surface area (Å²) in [4.78, 5) is 11.9. The van der Waals surface area contributed by atoms with Gasteiger partial charge in [0.1, 0.15) is 0 Å². The molecule has 1 N–H and O–H groups in total. The van der Waals surface area contributed by atoms with Crippen molar-refractivity contribution in [1.29, 1.82) is 0 Å². The molecule has 4 rings (SSSR count). The van der Waals surface area contributed by atoms with Gasteiger partial charge >= 0.3 is 0 Å². The average molecular weight is 347 g/mol. The molecule has 1 aromatic heterocycles. The van der Waals surface area contributed by atoms with Crippen LogP contribution in [0.1, 0.15) is 19.8 Å². The van der Waals surface area contributed by atoms with Crippen LogP contribution in [-0.4, -0.2) is 34.7 Å². The number of nitrogens with one attached hydrogen (secondary N) is 1. The molecule has 8 heteroatoms. The van der Waals surface area contributed by atoms with Gasteiger partial charge in [0.25, 0.3) is 5.22 Å². The molecule has 1 aliphatic heterocycles. The summed E-state index contributed by atoms with van der Waals surface area (Å²) in [6, 6.07) is 5.68. The first-order valence-corrected chi connectivity index (χ1v) is 8.83. The van der Waals surface area contributed by atoms with Crippen molar-refractivity contribution in [1.82, 2.24) is 15.5 Å². The summed E-state index contributed by atoms with van der Waals surface area (Å²) < 4.78 is 16.2. The van der Waals surface area contributed by atoms with Gasteiger partial charge in [-0.15, -0.1) is 10.2 Å². The molecule has 1 aliphatic carbocycles. The van der Waals surface area contributed by atoms with Gasteiger partial charge in [-0.3, -0.25) is 4.79 Å². The maximum atomic E-state index is 11.9. The maximum Gasteiger partial charge on any atom is 0.277 e. The fourth-order valence-electron chi connectivity index (χ4n) is 2.55. The normalized spacial score (nSPS) is 16.9. The van der Waals surface area contributed by atoms with E-state index < -0.39 is 0 Å². The first-order valence-electron chi connectivity index (χ1n) is 7.85. The van der Waals surface area contributed by atoms with E-state index in [2.05, 4.69) is 15.5 Å². The number of ether oxygens (including phenoxy) is 2. The fourth-order valence-corrected chi connectivity index (χ4v) is 3.13. The Morgan fingerprint density at radius 2 is 2.17 bits per heavy atom. The van der Waals surface area contributed by atoms with Gasteiger partial charge in [0.15, 0.2) is 11.5 Å². The van der Waals surface area contributed by atoms with Gasteiger partial charge in [-0.2, -0.15) is 0 Å². The van der Waals surface area contributed by atoms with Gasteiger partial charge in [-0.25, -0.2) is 0 Å². The minimum atomic E-state index is -0.0118. The Morgan fingerprint density at radius 1 is 1.33 bits per heavy atom. The Bertz CT molecular complexity index is 760. The summed E-state index contributed by atoms with van der Waals surface area (Å²) in [6.07, 6.45) is 2.41. The van der Waals surface area contributed by atoms with Crippen molar-refractivity contribution < 1.29 is 18.7 Å². The highest BCUT2D eigenvalue weighted by atomic mass is 32.2. The number of benzene rings is 1. The number of carbonyl (C=O) groups is 1. The Morgan fingerprint density at radius 3 is 3.00 bits per heavy atom. The molecule has 24 heavy (non-hydrogen) atoms. The summed E-state index contributed by atoms with van der Waals surface area (Å²) in [5, 5.41) is 11.4. The van der Waals surface area contributed by atoms with Crippen molar-refractivity contribution >= 4 is 17.7 Å². The second kappa shape index (κ2) is 6.35. The molecule has 126 valence electrons. The van der Waals surface area contributed by atoms with E-state index in [-0.39, 0.29) is 24.5 Å². The second-order valence-corrected chi connectivity index (χ2v) is 6.85. The zero-order valence-corrected chi connectivity index (χ0v) is 14.0. The first kappa shape index (κ1) is 15.3. The van der Waals surface area contributed by atoms with Crippen molar-refractivity contribution in [2.24, 2.45) is 5.92 Å². The first-order chi connectivity index (χ1) is 11.7. The van der Waals surface area contributed by atoms with E-state index in [0.29, 0.717) is 28.5 Å². The molecule has 0 unspecified atom stereocenters. The number of hydrogen-bond donors (Lipinski definition) is 1. The highest BCUT2D eigenvalue weighted by Gasteiger charge is 2.28. The molecular weight excluding hydrogens is 330 g/mol. The van der Waals surface area contributed by atoms with E-state index >= 15 is 0 Å². The fraction of sp³-hybridized carbons (Fsp3) is 0.438. The molecule has 1 fully saturated rings. The van der Waals surface area contributed by atoms with Crippen LogP contribution in [0, 0.1) is 5.92 Å². The molecule has 7 nitrogen and oxygen atoms in total. The summed E-state index contributed by atoms with van der Waals surface area (Å²) in [5.41, 5.74) is 0.755. The maximum absolute atomic E-state index is 11.9. The predicted molar refractivity (Wildman–Crippen MR) is 86.9 cm³/mol. The molecule has 2 aromatic rings. The van der Waals surface area contributed by atoms with Crippen molar-refractivity contribution in [2.45, 2.75) is 31.0 Å². The number of nitrogens with zero attached hydrogens (tertiary/aromatic N) is 2. The van der Waals surface area contributed by atoms with Gasteiger partial charge in [0, 0.05) is 11.6 Å². The average Bonchev–Trinajstić information content (AvgIpc) is 3.15. The molecule has 0 radical (unpaired) electrons. The minimum absolute atomic E-state index is 0.0118. The molecule has 1 saturated carbocycles. The topological polar surface area (TPSA) is 86.5 Å². The van der Waals surface area contributed by atoms with Crippen molar-refractivity contribution in [3.05, 3.63) is 18.2 Å². The van der Waals surface area contributed by atoms with Crippen LogP contribution in [-0.2, 0) is 4.79 Å². The molecular formula is C16H17N3O4S. The largest absolute Gasteiger partial charge is 0.454 e. The Labute approximate surface area is 143 Å². The lowest BCUT2D eigenvalue weighted by Crippen LogP contribution is -2.35. The van der Waals surface area contributed by atoms with E-state index in [1.54, 1.807) is 12.1 Å². The Kier molecular flexibility index (Phi) is 4.05. The third-order valence-electron chi connectivity index (χ3n) is 4.07. The van der Waals surface area contributed by atoms with E-state index in [0.717, 1.165) is 5.56 Å². The number of carbonyl (C=O) groups excluding carboxylic acids is 1. The molecule has 0 spiro atoms. The summed E-state index contributed by atoms with van der Waals surface area (Å²) in [7, 11) is 0. The second-order valence-electron chi connectivity index (χ2n) is 5.92. The lowest BCUT2D eigenvalue weighted by atomic mass is 10.2. The molecule has 1 aromatic carbocycles. The third-order valence-corrected chi connectivity index (χ3v) is 4.89. The number of fused-ring (bicyclic) bond motifs is 1. The van der Waals surface area contributed by atoms with Crippen molar-refractivity contribution in [2.75, 3.05) is 12.5 Å². The molecule has 1 amide bonds. The quantitative estimate of drug-likeness (QED) is 0.803. The van der Waals surface area contributed by atoms with Crippen LogP contribution in [0.5, 0.6) is 11.5 Å². The van der Waals surface area contributed by atoms with Gasteiger partial charge in [0.05, 0.1) is 5.75 Å². The zero-order chi connectivity index (χ0) is 16.5. The Hall–Kier alpha value is -2.22. The van der Waals surface area contributed by atoms with Gasteiger partial charge in [-0.05, 0) is 43.9 Å². The molecule has 0 bridgehead atoms. The van der Waals surface area contributed by atoms with Crippen LogP contribution in [0.15, 0.2) is 27.8 Å². The molecule has 0 saturated heterocycles. The van der Waals surface area contributed by atoms with E-state index in [1.807, 2.05) is 13.0 Å². The molecule has 2 heterocycles. The standard InChI is InChI=1S/C16H17N3O4S/c1-9(10-2-3-10)17-14(20)7-24-16-19-18-15(23-16)11-4-5-12-13(6-11)22-8-21-12/h4-6,9-10H,2-3,7-8H2,1H3,(H,17,20)/t9-/m1/s1. The van der Waals surface area contributed by atoms with E-state index in [4.69, 9.17) is 13.9 Å². The summed E-state index contributed by atoms with van der Waals surface area (Å²) in [6.45, 7) is 2.27. The van der Waals surface area contributed by atoms with Crippen molar-refractivity contribution in [3.8, 4) is 23.0 Å². The smallest absolute Gasteiger partial charge is 0.277 e. The molecule has 1 atom stereocenters. The minimum Gasteiger partial charge on any atom is -0.454 e. The number of rotatable bonds is 6. The van der Waals surface area contributed by atoms with E-state index in [1.165, 1.54) is 24.6 Å². The van der Waals surface area contributed by atoms with Crippen LogP contribution < -0.4 is 14.8 Å². The van der Waals surface area contributed by atoms with Gasteiger partial charge < -0.3 is 19.2 Å². The van der Waals surface area contributed by atoms with Crippen LogP contribution in [0.4, 0.5) is 0 Å². The summed E-state index contributed by atoms with van der Waals surface area (Å²) >= 11 is 1.24. The Balaban J connectivity index is 1.35. The number of amides is 1. The third kappa shape index (κ3) is 3.33. The lowest BCUT2D eigenvalue weighted by molar-refractivity contribution is -0.119. The lowest BCUT2D eigenvalue weighted by Gasteiger charge is -2.11. The summed E-state index contributed by atoms with van der Waals surface area (Å²) in [5.74, 6) is 2.65. The number of aromatic nitrogens is 2. The van der Waals surface area contributed by atoms with Gasteiger partial charge in [-0.1, -0.05) is 11.8 Å². The van der Waals surface area contributed by atoms with Crippen LogP contribution in [0.25, 0.3) is 11.5 Å². The highest BCUT2D eigenvalue weighted by molar-refractivity contribution is 7.99. The van der Waals surface area contributed by atoms with Crippen LogP contribution in [0.2, 0.25) is 0 Å². The van der Waals surface area contributed by atoms with Gasteiger partial charge in [0.2, 0.25) is 18.6 Å². The number of hydrogen-bond acceptors (Lipinski definition) is 7. The SMILES string of the molecule is C[C@@H](NC(=O)CSc1nnc(-c2ccc3c(c2)OCO3)o1)C1CC1. The monoisotopic (exact) mass is 347 g/mol. The highest BCUT2D eigenvalue weighted by Crippen LogP contribution is 2.36.